The predicted molar refractivity (Wildman–Crippen MR) is 81.7 cm³/mol. The largest absolute Gasteiger partial charge is 0.349 e. The van der Waals surface area contributed by atoms with Gasteiger partial charge >= 0.3 is 0 Å². The van der Waals surface area contributed by atoms with E-state index in [-0.39, 0.29) is 10.1 Å². The molecule has 2 aromatic heterocycles. The van der Waals surface area contributed by atoms with Crippen molar-refractivity contribution in [3.8, 4) is 0 Å². The van der Waals surface area contributed by atoms with E-state index in [4.69, 9.17) is 0 Å². The highest BCUT2D eigenvalue weighted by molar-refractivity contribution is 7.91. The Morgan fingerprint density at radius 2 is 2.36 bits per heavy atom. The van der Waals surface area contributed by atoms with Crippen LogP contribution in [0, 0.1) is 0 Å². The molecular formula is C13H16N4O3S2. The van der Waals surface area contributed by atoms with Crippen molar-refractivity contribution < 1.29 is 13.2 Å². The number of hydrogen-bond donors (Lipinski definition) is 2. The highest BCUT2D eigenvalue weighted by Gasteiger charge is 2.39. The third-order valence-corrected chi connectivity index (χ3v) is 6.86. The lowest BCUT2D eigenvalue weighted by atomic mass is 10.2. The number of carbonyl (C=O) groups is 1. The second-order valence-electron chi connectivity index (χ2n) is 5.01. The maximum Gasteiger partial charge on any atom is 0.253 e. The van der Waals surface area contributed by atoms with E-state index >= 15 is 0 Å². The molecule has 9 heteroatoms. The van der Waals surface area contributed by atoms with Gasteiger partial charge in [-0.1, -0.05) is 6.07 Å². The normalized spacial score (nSPS) is 19.4. The maximum atomic E-state index is 12.6. The Labute approximate surface area is 132 Å². The van der Waals surface area contributed by atoms with Gasteiger partial charge in [-0.15, -0.1) is 11.3 Å². The van der Waals surface area contributed by atoms with Crippen LogP contribution in [0.4, 0.5) is 0 Å². The highest BCUT2D eigenvalue weighted by Crippen LogP contribution is 2.28. The molecular weight excluding hydrogens is 324 g/mol. The summed E-state index contributed by atoms with van der Waals surface area (Å²) in [5.41, 5.74) is 0.777. The van der Waals surface area contributed by atoms with Gasteiger partial charge in [0.2, 0.25) is 5.91 Å². The SMILES string of the molecule is O=C(NCc1ccn[nH]1)[C@@H]1CCCN1S(=O)(=O)c1cccs1. The monoisotopic (exact) mass is 340 g/mol. The predicted octanol–water partition coefficient (Wildman–Crippen LogP) is 0.941. The number of aromatic amines is 1. The number of H-pyrrole nitrogens is 1. The minimum atomic E-state index is -3.59. The van der Waals surface area contributed by atoms with Crippen LogP contribution < -0.4 is 5.32 Å². The molecule has 1 amide bonds. The summed E-state index contributed by atoms with van der Waals surface area (Å²) in [4.78, 5) is 12.3. The molecule has 1 aliphatic rings. The topological polar surface area (TPSA) is 95.2 Å². The van der Waals surface area contributed by atoms with Crippen molar-refractivity contribution in [2.45, 2.75) is 29.6 Å². The summed E-state index contributed by atoms with van der Waals surface area (Å²) in [7, 11) is -3.59. The summed E-state index contributed by atoms with van der Waals surface area (Å²) in [6.45, 7) is 0.685. The van der Waals surface area contributed by atoms with Gasteiger partial charge in [0.1, 0.15) is 10.3 Å². The summed E-state index contributed by atoms with van der Waals surface area (Å²) in [5.74, 6) is -0.271. The molecule has 0 bridgehead atoms. The van der Waals surface area contributed by atoms with Gasteiger partial charge < -0.3 is 5.32 Å². The van der Waals surface area contributed by atoms with Crippen LogP contribution in [0.15, 0.2) is 34.0 Å². The number of nitrogens with one attached hydrogen (secondary N) is 2. The van der Waals surface area contributed by atoms with Gasteiger partial charge in [0.15, 0.2) is 0 Å². The fourth-order valence-corrected chi connectivity index (χ4v) is 5.27. The molecule has 1 aliphatic heterocycles. The summed E-state index contributed by atoms with van der Waals surface area (Å²) >= 11 is 1.17. The standard InChI is InChI=1S/C13H16N4O3S2/c18-13(14-9-10-5-6-15-16-10)11-3-1-7-17(11)22(19,20)12-4-2-8-21-12/h2,4-6,8,11H,1,3,7,9H2,(H,14,18)(H,15,16)/t11-/m0/s1. The molecule has 3 rings (SSSR count). The molecule has 0 aliphatic carbocycles. The molecule has 2 aromatic rings. The van der Waals surface area contributed by atoms with Crippen molar-refractivity contribution in [3.05, 3.63) is 35.5 Å². The first-order valence-electron chi connectivity index (χ1n) is 6.90. The Balaban J connectivity index is 1.71. The molecule has 0 saturated carbocycles. The van der Waals surface area contributed by atoms with Gasteiger partial charge in [-0.2, -0.15) is 9.40 Å². The Morgan fingerprint density at radius 3 is 3.05 bits per heavy atom. The van der Waals surface area contributed by atoms with Crippen LogP contribution in [0.3, 0.4) is 0 Å². The Bertz CT molecular complexity index is 725. The molecule has 0 unspecified atom stereocenters. The molecule has 1 atom stereocenters. The van der Waals surface area contributed by atoms with Crippen molar-refractivity contribution in [2.24, 2.45) is 0 Å². The zero-order chi connectivity index (χ0) is 15.6. The van der Waals surface area contributed by atoms with Crippen LogP contribution in [0.1, 0.15) is 18.5 Å². The number of carbonyl (C=O) groups excluding carboxylic acids is 1. The lowest BCUT2D eigenvalue weighted by molar-refractivity contribution is -0.124. The van der Waals surface area contributed by atoms with E-state index in [9.17, 15) is 13.2 Å². The second-order valence-corrected chi connectivity index (χ2v) is 8.07. The molecule has 1 saturated heterocycles. The molecule has 0 spiro atoms. The zero-order valence-corrected chi connectivity index (χ0v) is 13.4. The second kappa shape index (κ2) is 6.19. The average Bonchev–Trinajstić information content (AvgIpc) is 3.26. The van der Waals surface area contributed by atoms with E-state index in [0.29, 0.717) is 25.9 Å². The number of sulfonamides is 1. The number of thiophene rings is 1. The van der Waals surface area contributed by atoms with Crippen molar-refractivity contribution in [2.75, 3.05) is 6.54 Å². The van der Waals surface area contributed by atoms with E-state index < -0.39 is 16.1 Å². The molecule has 2 N–H and O–H groups in total. The van der Waals surface area contributed by atoms with E-state index in [1.54, 1.807) is 29.8 Å². The van der Waals surface area contributed by atoms with Gasteiger partial charge in [0.25, 0.3) is 10.0 Å². The summed E-state index contributed by atoms with van der Waals surface area (Å²) in [5, 5.41) is 11.0. The molecule has 1 fully saturated rings. The van der Waals surface area contributed by atoms with Crippen LogP contribution >= 0.6 is 11.3 Å². The smallest absolute Gasteiger partial charge is 0.253 e. The Hall–Kier alpha value is -1.71. The van der Waals surface area contributed by atoms with Crippen LogP contribution in [0.25, 0.3) is 0 Å². The summed E-state index contributed by atoms with van der Waals surface area (Å²) < 4.78 is 26.8. The van der Waals surface area contributed by atoms with E-state index in [1.807, 2.05) is 0 Å². The van der Waals surface area contributed by atoms with Gasteiger partial charge in [0.05, 0.1) is 12.2 Å². The number of hydrogen-bond acceptors (Lipinski definition) is 5. The lowest BCUT2D eigenvalue weighted by Gasteiger charge is -2.22. The van der Waals surface area contributed by atoms with Crippen molar-refractivity contribution in [3.63, 3.8) is 0 Å². The highest BCUT2D eigenvalue weighted by atomic mass is 32.2. The molecule has 3 heterocycles. The summed E-state index contributed by atoms with van der Waals surface area (Å²) in [6.07, 6.45) is 2.83. The zero-order valence-electron chi connectivity index (χ0n) is 11.7. The summed E-state index contributed by atoms with van der Waals surface area (Å²) in [6, 6.07) is 4.38. The lowest BCUT2D eigenvalue weighted by Crippen LogP contribution is -2.45. The molecule has 7 nitrogen and oxygen atoms in total. The van der Waals surface area contributed by atoms with Crippen LogP contribution in [-0.4, -0.2) is 41.4 Å². The fraction of sp³-hybridized carbons (Fsp3) is 0.385. The van der Waals surface area contributed by atoms with Crippen LogP contribution in [0.5, 0.6) is 0 Å². The van der Waals surface area contributed by atoms with Gasteiger partial charge in [-0.05, 0) is 30.4 Å². The van der Waals surface area contributed by atoms with E-state index in [0.717, 1.165) is 5.69 Å². The first kappa shape index (κ1) is 15.2. The first-order chi connectivity index (χ1) is 10.6. The number of amides is 1. The van der Waals surface area contributed by atoms with Crippen molar-refractivity contribution in [1.29, 1.82) is 0 Å². The number of rotatable bonds is 5. The van der Waals surface area contributed by atoms with Crippen LogP contribution in [0.2, 0.25) is 0 Å². The van der Waals surface area contributed by atoms with Gasteiger partial charge in [-0.3, -0.25) is 9.89 Å². The average molecular weight is 340 g/mol. The van der Waals surface area contributed by atoms with E-state index in [1.165, 1.54) is 15.6 Å². The minimum absolute atomic E-state index is 0.271. The first-order valence-corrected chi connectivity index (χ1v) is 9.22. The maximum absolute atomic E-state index is 12.6. The molecule has 0 radical (unpaired) electrons. The molecule has 118 valence electrons. The third kappa shape index (κ3) is 2.92. The van der Waals surface area contributed by atoms with Crippen molar-refractivity contribution >= 4 is 27.3 Å². The Morgan fingerprint density at radius 1 is 1.50 bits per heavy atom. The molecule has 0 aromatic carbocycles. The van der Waals surface area contributed by atoms with Crippen LogP contribution in [-0.2, 0) is 21.4 Å². The number of aromatic nitrogens is 2. The quantitative estimate of drug-likeness (QED) is 0.847. The Kier molecular flexibility index (Phi) is 4.27. The molecule has 22 heavy (non-hydrogen) atoms. The van der Waals surface area contributed by atoms with Crippen molar-refractivity contribution in [1.82, 2.24) is 19.8 Å². The third-order valence-electron chi connectivity index (χ3n) is 3.58. The van der Waals surface area contributed by atoms with E-state index in [2.05, 4.69) is 15.5 Å². The van der Waals surface area contributed by atoms with Gasteiger partial charge in [0, 0.05) is 12.7 Å². The van der Waals surface area contributed by atoms with Gasteiger partial charge in [-0.25, -0.2) is 8.42 Å². The minimum Gasteiger partial charge on any atom is -0.349 e. The number of nitrogens with zero attached hydrogens (tertiary/aromatic N) is 2. The fourth-order valence-electron chi connectivity index (χ4n) is 2.50.